The van der Waals surface area contributed by atoms with E-state index in [2.05, 4.69) is 49.7 Å². The van der Waals surface area contributed by atoms with E-state index in [1.807, 2.05) is 14.0 Å². The maximum atomic E-state index is 11.7. The van der Waals surface area contributed by atoms with Crippen LogP contribution in [0.3, 0.4) is 0 Å². The molecule has 9 heteroatoms. The predicted octanol–water partition coefficient (Wildman–Crippen LogP) is 2.24. The maximum absolute atomic E-state index is 11.7. The van der Waals surface area contributed by atoms with Gasteiger partial charge in [-0.3, -0.25) is 14.7 Å². The van der Waals surface area contributed by atoms with Crippen molar-refractivity contribution in [3.8, 4) is 0 Å². The molecule has 0 radical (unpaired) electrons. The smallest absolute Gasteiger partial charge is 0.324 e. The number of aliphatic imine (C=N–C) groups is 1. The maximum Gasteiger partial charge on any atom is 0.324 e. The first-order valence-electron chi connectivity index (χ1n) is 10.5. The molecular formula is C21H33IN6O2. The highest BCUT2D eigenvalue weighted by atomic mass is 127. The van der Waals surface area contributed by atoms with Crippen molar-refractivity contribution in [1.82, 2.24) is 20.4 Å². The zero-order valence-electron chi connectivity index (χ0n) is 17.9. The Morgan fingerprint density at radius 2 is 1.87 bits per heavy atom. The number of amides is 3. The molecule has 1 aromatic carbocycles. The molecule has 30 heavy (non-hydrogen) atoms. The fraction of sp³-hybridized carbons (Fsp3) is 0.571. The fourth-order valence-electron chi connectivity index (χ4n) is 3.72. The predicted molar refractivity (Wildman–Crippen MR) is 130 cm³/mol. The quantitative estimate of drug-likeness (QED) is 0.246. The number of nitrogens with one attached hydrogen (secondary N) is 2. The second-order valence-electron chi connectivity index (χ2n) is 7.51. The Balaban J connectivity index is 0.00000320. The van der Waals surface area contributed by atoms with Gasteiger partial charge in [-0.1, -0.05) is 12.1 Å². The number of nitrogens with zero attached hydrogens (tertiary/aromatic N) is 4. The first-order valence-corrected chi connectivity index (χ1v) is 10.5. The van der Waals surface area contributed by atoms with Crippen molar-refractivity contribution in [1.29, 1.82) is 0 Å². The van der Waals surface area contributed by atoms with Crippen LogP contribution in [0, 0.1) is 0 Å². The molecule has 3 rings (SSSR count). The van der Waals surface area contributed by atoms with Crippen molar-refractivity contribution in [3.63, 3.8) is 0 Å². The molecule has 0 spiro atoms. The number of guanidine groups is 1. The van der Waals surface area contributed by atoms with Crippen LogP contribution < -0.4 is 15.5 Å². The van der Waals surface area contributed by atoms with Gasteiger partial charge < -0.3 is 20.4 Å². The molecule has 1 aromatic rings. The summed E-state index contributed by atoms with van der Waals surface area (Å²) in [4.78, 5) is 33.6. The van der Waals surface area contributed by atoms with Gasteiger partial charge in [-0.25, -0.2) is 4.79 Å². The molecular weight excluding hydrogens is 495 g/mol. The van der Waals surface area contributed by atoms with Crippen molar-refractivity contribution in [2.75, 3.05) is 51.2 Å². The Morgan fingerprint density at radius 1 is 1.17 bits per heavy atom. The lowest BCUT2D eigenvalue weighted by Crippen LogP contribution is -2.39. The van der Waals surface area contributed by atoms with Gasteiger partial charge in [-0.05, 0) is 43.9 Å². The number of benzene rings is 1. The minimum Gasteiger partial charge on any atom is -0.372 e. The van der Waals surface area contributed by atoms with Crippen LogP contribution in [0.5, 0.6) is 0 Å². The first-order chi connectivity index (χ1) is 14.1. The second-order valence-corrected chi connectivity index (χ2v) is 7.51. The number of rotatable bonds is 7. The summed E-state index contributed by atoms with van der Waals surface area (Å²) < 4.78 is 0. The molecule has 2 aliphatic rings. The third-order valence-electron chi connectivity index (χ3n) is 5.30. The van der Waals surface area contributed by atoms with E-state index in [9.17, 15) is 9.59 Å². The summed E-state index contributed by atoms with van der Waals surface area (Å²) in [6.07, 6.45) is 3.89. The molecule has 0 saturated carbocycles. The Kier molecular flexibility index (Phi) is 9.67. The van der Waals surface area contributed by atoms with Gasteiger partial charge in [0.15, 0.2) is 5.96 Å². The third kappa shape index (κ3) is 6.48. The number of halogens is 1. The van der Waals surface area contributed by atoms with Gasteiger partial charge in [0.2, 0.25) is 5.91 Å². The van der Waals surface area contributed by atoms with Crippen molar-refractivity contribution < 1.29 is 9.59 Å². The van der Waals surface area contributed by atoms with E-state index in [0.29, 0.717) is 6.54 Å². The molecule has 0 aliphatic carbocycles. The zero-order chi connectivity index (χ0) is 20.6. The number of anilines is 1. The van der Waals surface area contributed by atoms with Crippen LogP contribution in [0.15, 0.2) is 29.3 Å². The van der Waals surface area contributed by atoms with Crippen LogP contribution >= 0.6 is 24.0 Å². The van der Waals surface area contributed by atoms with E-state index in [4.69, 9.17) is 0 Å². The minimum atomic E-state index is -0.336. The number of imide groups is 1. The molecule has 0 unspecified atom stereocenters. The largest absolute Gasteiger partial charge is 0.372 e. The van der Waals surface area contributed by atoms with Gasteiger partial charge in [0, 0.05) is 38.9 Å². The van der Waals surface area contributed by atoms with E-state index in [0.717, 1.165) is 32.1 Å². The highest BCUT2D eigenvalue weighted by molar-refractivity contribution is 14.0. The van der Waals surface area contributed by atoms with Gasteiger partial charge >= 0.3 is 6.03 Å². The molecule has 166 valence electrons. The number of piperidine rings is 1. The lowest BCUT2D eigenvalue weighted by molar-refractivity contribution is -0.124. The zero-order valence-corrected chi connectivity index (χ0v) is 20.2. The van der Waals surface area contributed by atoms with Crippen molar-refractivity contribution in [2.24, 2.45) is 4.99 Å². The summed E-state index contributed by atoms with van der Waals surface area (Å²) in [5.74, 6) is 0.567. The third-order valence-corrected chi connectivity index (χ3v) is 5.30. The summed E-state index contributed by atoms with van der Waals surface area (Å²) in [5, 5.41) is 5.80. The monoisotopic (exact) mass is 528 g/mol. The molecule has 0 atom stereocenters. The summed E-state index contributed by atoms with van der Waals surface area (Å²) in [5.41, 5.74) is 2.51. The van der Waals surface area contributed by atoms with Gasteiger partial charge in [0.05, 0.1) is 19.6 Å². The van der Waals surface area contributed by atoms with Crippen LogP contribution in [0.25, 0.3) is 0 Å². The summed E-state index contributed by atoms with van der Waals surface area (Å²) in [7, 11) is 1.99. The Morgan fingerprint density at radius 3 is 2.47 bits per heavy atom. The SMILES string of the molecule is CCNC(=NCCN1C(=O)CNC1=O)N(C)Cc1ccc(N2CCCCC2)cc1.I. The van der Waals surface area contributed by atoms with Gasteiger partial charge in [-0.2, -0.15) is 0 Å². The Bertz CT molecular complexity index is 718. The Hall–Kier alpha value is -2.04. The van der Waals surface area contributed by atoms with Gasteiger partial charge in [-0.15, -0.1) is 24.0 Å². The van der Waals surface area contributed by atoms with Gasteiger partial charge in [0.1, 0.15) is 0 Å². The molecule has 2 N–H and O–H groups in total. The molecule has 2 aliphatic heterocycles. The molecule has 8 nitrogen and oxygen atoms in total. The topological polar surface area (TPSA) is 80.3 Å². The normalized spacial score (nSPS) is 16.9. The van der Waals surface area contributed by atoms with Crippen LogP contribution in [0.2, 0.25) is 0 Å². The molecule has 3 amide bonds. The second kappa shape index (κ2) is 12.0. The number of carbonyl (C=O) groups is 2. The molecule has 2 heterocycles. The van der Waals surface area contributed by atoms with Crippen LogP contribution in [0.4, 0.5) is 10.5 Å². The molecule has 0 bridgehead atoms. The first kappa shape index (κ1) is 24.2. The van der Waals surface area contributed by atoms with Crippen LogP contribution in [-0.2, 0) is 11.3 Å². The number of hydrogen-bond donors (Lipinski definition) is 2. The van der Waals surface area contributed by atoms with E-state index in [-0.39, 0.29) is 49.0 Å². The Labute approximate surface area is 196 Å². The van der Waals surface area contributed by atoms with E-state index in [1.54, 1.807) is 0 Å². The highest BCUT2D eigenvalue weighted by Gasteiger charge is 2.27. The van der Waals surface area contributed by atoms with E-state index in [1.165, 1.54) is 35.4 Å². The average molecular weight is 528 g/mol. The lowest BCUT2D eigenvalue weighted by atomic mass is 10.1. The van der Waals surface area contributed by atoms with Crippen LogP contribution in [-0.4, -0.2) is 74.0 Å². The summed E-state index contributed by atoms with van der Waals surface area (Å²) in [6, 6.07) is 8.43. The van der Waals surface area contributed by atoms with Crippen molar-refractivity contribution >= 4 is 47.6 Å². The summed E-state index contributed by atoms with van der Waals surface area (Å²) >= 11 is 0. The number of carbonyl (C=O) groups excluding carboxylic acids is 2. The number of hydrogen-bond acceptors (Lipinski definition) is 4. The van der Waals surface area contributed by atoms with Crippen molar-refractivity contribution in [2.45, 2.75) is 32.7 Å². The average Bonchev–Trinajstić information content (AvgIpc) is 3.06. The highest BCUT2D eigenvalue weighted by Crippen LogP contribution is 2.20. The van der Waals surface area contributed by atoms with E-state index < -0.39 is 0 Å². The number of urea groups is 1. The molecule has 0 aromatic heterocycles. The fourth-order valence-corrected chi connectivity index (χ4v) is 3.72. The van der Waals surface area contributed by atoms with Gasteiger partial charge in [0.25, 0.3) is 0 Å². The van der Waals surface area contributed by atoms with E-state index >= 15 is 0 Å². The standard InChI is InChI=1S/C21H32N6O2.HI/c1-3-22-20(23-11-14-27-19(28)15-24-21(27)29)25(2)16-17-7-9-18(10-8-17)26-12-5-4-6-13-26;/h7-10H,3-6,11-16H2,1-2H3,(H,22,23)(H,24,29);1H. The van der Waals surface area contributed by atoms with Crippen LogP contribution in [0.1, 0.15) is 31.7 Å². The van der Waals surface area contributed by atoms with Crippen molar-refractivity contribution in [3.05, 3.63) is 29.8 Å². The molecule has 2 saturated heterocycles. The summed E-state index contributed by atoms with van der Waals surface area (Å²) in [6.45, 7) is 6.54. The lowest BCUT2D eigenvalue weighted by Gasteiger charge is -2.29. The minimum absolute atomic E-state index is 0. The molecule has 2 fully saturated rings.